The normalized spacial score (nSPS) is 23.8. The standard InChI is InChI=1S/C13H25N3O/c1-15(13(11-14)7-3-4-8-13)12(17)16-9-5-2-6-10-16/h2-11,14H2,1H3. The van der Waals surface area contributed by atoms with Crippen LogP contribution in [0.25, 0.3) is 0 Å². The molecular weight excluding hydrogens is 214 g/mol. The fraction of sp³-hybridized carbons (Fsp3) is 0.923. The summed E-state index contributed by atoms with van der Waals surface area (Å²) in [6.07, 6.45) is 8.10. The Balaban J connectivity index is 2.02. The molecule has 2 aliphatic rings. The van der Waals surface area contributed by atoms with Crippen LogP contribution in [0.3, 0.4) is 0 Å². The minimum atomic E-state index is -0.0610. The van der Waals surface area contributed by atoms with E-state index in [0.29, 0.717) is 6.54 Å². The highest BCUT2D eigenvalue weighted by Crippen LogP contribution is 2.34. The van der Waals surface area contributed by atoms with Crippen LogP contribution < -0.4 is 5.73 Å². The molecule has 0 atom stereocenters. The van der Waals surface area contributed by atoms with Gasteiger partial charge < -0.3 is 15.5 Å². The van der Waals surface area contributed by atoms with Crippen LogP contribution in [0.5, 0.6) is 0 Å². The quantitative estimate of drug-likeness (QED) is 0.798. The van der Waals surface area contributed by atoms with E-state index in [1.807, 2.05) is 16.8 Å². The van der Waals surface area contributed by atoms with Crippen molar-refractivity contribution in [2.75, 3.05) is 26.7 Å². The number of nitrogens with zero attached hydrogens (tertiary/aromatic N) is 2. The smallest absolute Gasteiger partial charge is 0.320 e. The highest BCUT2D eigenvalue weighted by atomic mass is 16.2. The third kappa shape index (κ3) is 2.41. The number of hydrogen-bond donors (Lipinski definition) is 1. The molecule has 1 heterocycles. The van der Waals surface area contributed by atoms with Crippen LogP contribution in [0.2, 0.25) is 0 Å². The van der Waals surface area contributed by atoms with Gasteiger partial charge in [-0.05, 0) is 32.1 Å². The van der Waals surface area contributed by atoms with Crippen LogP contribution in [0, 0.1) is 0 Å². The zero-order valence-corrected chi connectivity index (χ0v) is 11.0. The molecule has 2 fully saturated rings. The molecular formula is C13H25N3O. The van der Waals surface area contributed by atoms with Gasteiger partial charge >= 0.3 is 6.03 Å². The molecule has 17 heavy (non-hydrogen) atoms. The van der Waals surface area contributed by atoms with Crippen molar-refractivity contribution in [2.45, 2.75) is 50.5 Å². The Kier molecular flexibility index (Phi) is 3.92. The number of amides is 2. The molecule has 4 heteroatoms. The topological polar surface area (TPSA) is 49.6 Å². The molecule has 1 saturated heterocycles. The van der Waals surface area contributed by atoms with E-state index in [0.717, 1.165) is 38.8 Å². The van der Waals surface area contributed by atoms with Crippen LogP contribution >= 0.6 is 0 Å². The Bertz CT molecular complexity index is 268. The van der Waals surface area contributed by atoms with Gasteiger partial charge in [0.05, 0.1) is 5.54 Å². The summed E-state index contributed by atoms with van der Waals surface area (Å²) in [6.45, 7) is 2.44. The second-order valence-corrected chi connectivity index (χ2v) is 5.52. The van der Waals surface area contributed by atoms with E-state index in [1.54, 1.807) is 0 Å². The predicted octanol–water partition coefficient (Wildman–Crippen LogP) is 1.80. The first-order valence-electron chi connectivity index (χ1n) is 6.92. The van der Waals surface area contributed by atoms with Gasteiger partial charge in [0.2, 0.25) is 0 Å². The van der Waals surface area contributed by atoms with E-state index >= 15 is 0 Å². The summed E-state index contributed by atoms with van der Waals surface area (Å²) < 4.78 is 0. The Morgan fingerprint density at radius 3 is 2.29 bits per heavy atom. The molecule has 4 nitrogen and oxygen atoms in total. The van der Waals surface area contributed by atoms with Gasteiger partial charge in [-0.15, -0.1) is 0 Å². The molecule has 1 saturated carbocycles. The average Bonchev–Trinajstić information content (AvgIpc) is 2.88. The number of urea groups is 1. The maximum absolute atomic E-state index is 12.4. The van der Waals surface area contributed by atoms with Crippen LogP contribution in [0.1, 0.15) is 44.9 Å². The molecule has 0 aromatic rings. The summed E-state index contributed by atoms with van der Waals surface area (Å²) >= 11 is 0. The number of carbonyl (C=O) groups is 1. The van der Waals surface area contributed by atoms with Gasteiger partial charge in [0.25, 0.3) is 0 Å². The Hall–Kier alpha value is -0.770. The van der Waals surface area contributed by atoms with Gasteiger partial charge in [0, 0.05) is 26.7 Å². The molecule has 2 amide bonds. The molecule has 2 N–H and O–H groups in total. The molecule has 1 aliphatic carbocycles. The lowest BCUT2D eigenvalue weighted by molar-refractivity contribution is 0.102. The highest BCUT2D eigenvalue weighted by molar-refractivity contribution is 5.75. The lowest BCUT2D eigenvalue weighted by atomic mass is 9.96. The SMILES string of the molecule is CN(C(=O)N1CCCCC1)C1(CN)CCCC1. The van der Waals surface area contributed by atoms with Crippen LogP contribution in [0.4, 0.5) is 4.79 Å². The molecule has 1 aliphatic heterocycles. The van der Waals surface area contributed by atoms with Crippen molar-refractivity contribution in [3.63, 3.8) is 0 Å². The van der Waals surface area contributed by atoms with Gasteiger partial charge in [0.1, 0.15) is 0 Å². The number of piperidine rings is 1. The Morgan fingerprint density at radius 2 is 1.76 bits per heavy atom. The van der Waals surface area contributed by atoms with Crippen molar-refractivity contribution in [2.24, 2.45) is 5.73 Å². The fourth-order valence-corrected chi connectivity index (χ4v) is 3.21. The van der Waals surface area contributed by atoms with Gasteiger partial charge in [-0.3, -0.25) is 0 Å². The first-order valence-corrected chi connectivity index (χ1v) is 6.92. The molecule has 0 aromatic heterocycles. The number of rotatable bonds is 2. The van der Waals surface area contributed by atoms with E-state index in [-0.39, 0.29) is 11.6 Å². The number of carbonyl (C=O) groups excluding carboxylic acids is 1. The van der Waals surface area contributed by atoms with E-state index in [9.17, 15) is 4.79 Å². The molecule has 98 valence electrons. The van der Waals surface area contributed by atoms with Gasteiger partial charge in [-0.25, -0.2) is 4.79 Å². The Morgan fingerprint density at radius 1 is 1.18 bits per heavy atom. The van der Waals surface area contributed by atoms with Crippen LogP contribution in [-0.4, -0.2) is 48.1 Å². The summed E-state index contributed by atoms with van der Waals surface area (Å²) in [7, 11) is 1.94. The number of nitrogens with two attached hydrogens (primary N) is 1. The Labute approximate surface area is 104 Å². The summed E-state index contributed by atoms with van der Waals surface area (Å²) in [4.78, 5) is 16.4. The van der Waals surface area contributed by atoms with Crippen molar-refractivity contribution >= 4 is 6.03 Å². The van der Waals surface area contributed by atoms with Gasteiger partial charge in [-0.2, -0.15) is 0 Å². The molecule has 0 bridgehead atoms. The van der Waals surface area contributed by atoms with Crippen molar-refractivity contribution in [1.29, 1.82) is 0 Å². The minimum Gasteiger partial charge on any atom is -0.328 e. The highest BCUT2D eigenvalue weighted by Gasteiger charge is 2.40. The summed E-state index contributed by atoms with van der Waals surface area (Å²) in [5.74, 6) is 0. The largest absolute Gasteiger partial charge is 0.328 e. The zero-order chi connectivity index (χ0) is 12.3. The van der Waals surface area contributed by atoms with Crippen molar-refractivity contribution in [3.05, 3.63) is 0 Å². The van der Waals surface area contributed by atoms with Crippen molar-refractivity contribution in [1.82, 2.24) is 9.80 Å². The fourth-order valence-electron chi connectivity index (χ4n) is 3.21. The van der Waals surface area contributed by atoms with Gasteiger partial charge in [-0.1, -0.05) is 12.8 Å². The monoisotopic (exact) mass is 239 g/mol. The first-order chi connectivity index (χ1) is 8.19. The first kappa shape index (κ1) is 12.7. The number of hydrogen-bond acceptors (Lipinski definition) is 2. The lowest BCUT2D eigenvalue weighted by Crippen LogP contribution is -2.57. The molecule has 0 radical (unpaired) electrons. The number of likely N-dealkylation sites (N-methyl/N-ethyl adjacent to an activating group) is 1. The van der Waals surface area contributed by atoms with Crippen LogP contribution in [0.15, 0.2) is 0 Å². The van der Waals surface area contributed by atoms with Gasteiger partial charge in [0.15, 0.2) is 0 Å². The predicted molar refractivity (Wildman–Crippen MR) is 68.8 cm³/mol. The van der Waals surface area contributed by atoms with Crippen molar-refractivity contribution < 1.29 is 4.79 Å². The maximum Gasteiger partial charge on any atom is 0.320 e. The average molecular weight is 239 g/mol. The molecule has 0 spiro atoms. The van der Waals surface area contributed by atoms with E-state index in [1.165, 1.54) is 19.3 Å². The summed E-state index contributed by atoms with van der Waals surface area (Å²) in [6, 6.07) is 0.192. The molecule has 2 rings (SSSR count). The third-order valence-corrected chi connectivity index (χ3v) is 4.54. The summed E-state index contributed by atoms with van der Waals surface area (Å²) in [5, 5.41) is 0. The third-order valence-electron chi connectivity index (χ3n) is 4.54. The second kappa shape index (κ2) is 5.25. The van der Waals surface area contributed by atoms with E-state index in [4.69, 9.17) is 5.73 Å². The lowest BCUT2D eigenvalue weighted by Gasteiger charge is -2.41. The van der Waals surface area contributed by atoms with Crippen molar-refractivity contribution in [3.8, 4) is 0 Å². The number of likely N-dealkylation sites (tertiary alicyclic amines) is 1. The molecule has 0 aromatic carbocycles. The molecule has 0 unspecified atom stereocenters. The van der Waals surface area contributed by atoms with E-state index in [2.05, 4.69) is 0 Å². The zero-order valence-electron chi connectivity index (χ0n) is 11.0. The van der Waals surface area contributed by atoms with Crippen LogP contribution in [-0.2, 0) is 0 Å². The summed E-state index contributed by atoms with van der Waals surface area (Å²) in [5.41, 5.74) is 5.86. The minimum absolute atomic E-state index is 0.0610. The maximum atomic E-state index is 12.4. The van der Waals surface area contributed by atoms with E-state index < -0.39 is 0 Å². The second-order valence-electron chi connectivity index (χ2n) is 5.52.